The van der Waals surface area contributed by atoms with Gasteiger partial charge in [0.25, 0.3) is 0 Å². The van der Waals surface area contributed by atoms with E-state index < -0.39 is 10.0 Å². The van der Waals surface area contributed by atoms with E-state index in [0.717, 1.165) is 36.9 Å². The molecule has 6 heteroatoms. The molecular formula is C18H28N2O3S. The number of sulfonamides is 1. The summed E-state index contributed by atoms with van der Waals surface area (Å²) in [5.74, 6) is 0. The second-order valence-corrected chi connectivity index (χ2v) is 9.49. The van der Waals surface area contributed by atoms with Crippen molar-refractivity contribution in [1.29, 1.82) is 0 Å². The summed E-state index contributed by atoms with van der Waals surface area (Å²) in [6, 6.07) is 5.58. The summed E-state index contributed by atoms with van der Waals surface area (Å²) in [6.07, 6.45) is 2.77. The molecule has 0 aromatic heterocycles. The van der Waals surface area contributed by atoms with Crippen LogP contribution in [-0.2, 0) is 10.0 Å². The van der Waals surface area contributed by atoms with Crippen LogP contribution >= 0.6 is 0 Å². The first-order chi connectivity index (χ1) is 11.3. The topological polar surface area (TPSA) is 60.9 Å². The second-order valence-electron chi connectivity index (χ2n) is 7.56. The maximum atomic E-state index is 13.1. The highest BCUT2D eigenvalue weighted by Gasteiger charge is 2.48. The highest BCUT2D eigenvalue weighted by molar-refractivity contribution is 7.89. The van der Waals surface area contributed by atoms with Crippen LogP contribution in [0, 0.1) is 19.3 Å². The summed E-state index contributed by atoms with van der Waals surface area (Å²) in [4.78, 5) is 2.61. The number of aryl methyl sites for hydroxylation is 2. The fourth-order valence-corrected chi connectivity index (χ4v) is 6.08. The molecular weight excluding hydrogens is 324 g/mol. The van der Waals surface area contributed by atoms with Gasteiger partial charge in [-0.05, 0) is 70.0 Å². The van der Waals surface area contributed by atoms with E-state index in [4.69, 9.17) is 0 Å². The van der Waals surface area contributed by atoms with Crippen molar-refractivity contribution in [3.8, 4) is 0 Å². The van der Waals surface area contributed by atoms with Crippen molar-refractivity contribution >= 4 is 10.0 Å². The summed E-state index contributed by atoms with van der Waals surface area (Å²) in [6.45, 7) is 5.90. The predicted octanol–water partition coefficient (Wildman–Crippen LogP) is 1.77. The average Bonchev–Trinajstić information content (AvgIpc) is 2.54. The highest BCUT2D eigenvalue weighted by atomic mass is 32.2. The number of likely N-dealkylation sites (tertiary alicyclic amines) is 1. The van der Waals surface area contributed by atoms with E-state index in [0.29, 0.717) is 18.0 Å². The van der Waals surface area contributed by atoms with Crippen LogP contribution in [0.5, 0.6) is 0 Å². The first-order valence-corrected chi connectivity index (χ1v) is 10.1. The molecule has 2 aliphatic rings. The quantitative estimate of drug-likeness (QED) is 0.901. The lowest BCUT2D eigenvalue weighted by atomic mass is 9.69. The lowest BCUT2D eigenvalue weighted by Crippen LogP contribution is -2.62. The Morgan fingerprint density at radius 1 is 1.17 bits per heavy atom. The SMILES string of the molecule is Cc1cc(C)cc(S(=O)(=O)N2CC[C@@]3(CO)CCCN(C)[C@@H]3C2)c1. The van der Waals surface area contributed by atoms with E-state index in [9.17, 15) is 13.5 Å². The molecule has 1 aromatic carbocycles. The van der Waals surface area contributed by atoms with E-state index in [1.54, 1.807) is 16.4 Å². The van der Waals surface area contributed by atoms with Gasteiger partial charge in [-0.2, -0.15) is 4.31 Å². The second kappa shape index (κ2) is 6.41. The maximum absolute atomic E-state index is 13.1. The molecule has 0 amide bonds. The zero-order valence-corrected chi connectivity index (χ0v) is 15.6. The largest absolute Gasteiger partial charge is 0.396 e. The fraction of sp³-hybridized carbons (Fsp3) is 0.667. The van der Waals surface area contributed by atoms with E-state index in [2.05, 4.69) is 4.90 Å². The van der Waals surface area contributed by atoms with E-state index in [1.807, 2.05) is 27.0 Å². The summed E-state index contributed by atoms with van der Waals surface area (Å²) in [5.41, 5.74) is 1.77. The molecule has 1 aromatic rings. The maximum Gasteiger partial charge on any atom is 0.243 e. The third-order valence-electron chi connectivity index (χ3n) is 5.81. The predicted molar refractivity (Wildman–Crippen MR) is 94.5 cm³/mol. The van der Waals surface area contributed by atoms with Crippen molar-refractivity contribution in [2.45, 2.75) is 44.0 Å². The molecule has 5 nitrogen and oxygen atoms in total. The zero-order valence-electron chi connectivity index (χ0n) is 14.8. The zero-order chi connectivity index (χ0) is 17.5. The molecule has 2 saturated heterocycles. The molecule has 0 unspecified atom stereocenters. The minimum Gasteiger partial charge on any atom is -0.396 e. The number of aliphatic hydroxyl groups is 1. The van der Waals surface area contributed by atoms with Crippen LogP contribution in [0.3, 0.4) is 0 Å². The van der Waals surface area contributed by atoms with E-state index >= 15 is 0 Å². The minimum atomic E-state index is -3.49. The molecule has 3 rings (SSSR count). The molecule has 0 saturated carbocycles. The molecule has 0 radical (unpaired) electrons. The number of hydrogen-bond donors (Lipinski definition) is 1. The molecule has 24 heavy (non-hydrogen) atoms. The number of rotatable bonds is 3. The van der Waals surface area contributed by atoms with Crippen LogP contribution in [0.25, 0.3) is 0 Å². The van der Waals surface area contributed by atoms with Gasteiger partial charge in [-0.15, -0.1) is 0 Å². The molecule has 2 atom stereocenters. The Balaban J connectivity index is 1.90. The van der Waals surface area contributed by atoms with E-state index in [-0.39, 0.29) is 18.1 Å². The summed E-state index contributed by atoms with van der Waals surface area (Å²) in [7, 11) is -1.45. The van der Waals surface area contributed by atoms with Gasteiger partial charge in [-0.25, -0.2) is 8.42 Å². The van der Waals surface area contributed by atoms with Crippen LogP contribution in [0.1, 0.15) is 30.4 Å². The van der Waals surface area contributed by atoms with Gasteiger partial charge in [0.15, 0.2) is 0 Å². The summed E-state index contributed by atoms with van der Waals surface area (Å²) >= 11 is 0. The number of fused-ring (bicyclic) bond motifs is 1. The molecule has 0 bridgehead atoms. The Labute approximate surface area is 145 Å². The van der Waals surface area contributed by atoms with Crippen molar-refractivity contribution in [3.63, 3.8) is 0 Å². The number of likely N-dealkylation sites (N-methyl/N-ethyl adjacent to an activating group) is 1. The normalized spacial score (nSPS) is 29.4. The molecule has 134 valence electrons. The van der Waals surface area contributed by atoms with Gasteiger partial charge in [0.2, 0.25) is 10.0 Å². The van der Waals surface area contributed by atoms with Gasteiger partial charge in [-0.1, -0.05) is 6.07 Å². The van der Waals surface area contributed by atoms with Crippen molar-refractivity contribution < 1.29 is 13.5 Å². The lowest BCUT2D eigenvalue weighted by molar-refractivity contribution is -0.0508. The van der Waals surface area contributed by atoms with Crippen molar-refractivity contribution in [2.75, 3.05) is 33.3 Å². The number of piperidine rings is 2. The molecule has 2 heterocycles. The Hall–Kier alpha value is -0.950. The first-order valence-electron chi connectivity index (χ1n) is 8.68. The van der Waals surface area contributed by atoms with Crippen LogP contribution in [-0.4, -0.2) is 62.1 Å². The van der Waals surface area contributed by atoms with Gasteiger partial charge >= 0.3 is 0 Å². The van der Waals surface area contributed by atoms with Crippen LogP contribution in [0.15, 0.2) is 23.1 Å². The fourth-order valence-electron chi connectivity index (χ4n) is 4.44. The first kappa shape index (κ1) is 17.9. The molecule has 2 fully saturated rings. The molecule has 1 N–H and O–H groups in total. The van der Waals surface area contributed by atoms with Gasteiger partial charge in [-0.3, -0.25) is 0 Å². The Morgan fingerprint density at radius 2 is 1.83 bits per heavy atom. The number of benzene rings is 1. The summed E-state index contributed by atoms with van der Waals surface area (Å²) < 4.78 is 27.8. The number of aliphatic hydroxyl groups excluding tert-OH is 1. The third-order valence-corrected chi connectivity index (χ3v) is 7.65. The van der Waals surface area contributed by atoms with E-state index in [1.165, 1.54) is 0 Å². The monoisotopic (exact) mass is 352 g/mol. The smallest absolute Gasteiger partial charge is 0.243 e. The highest BCUT2D eigenvalue weighted by Crippen LogP contribution is 2.42. The van der Waals surface area contributed by atoms with Crippen molar-refractivity contribution in [2.24, 2.45) is 5.41 Å². The Morgan fingerprint density at radius 3 is 2.46 bits per heavy atom. The number of nitrogens with zero attached hydrogens (tertiary/aromatic N) is 2. The van der Waals surface area contributed by atoms with Crippen molar-refractivity contribution in [1.82, 2.24) is 9.21 Å². The van der Waals surface area contributed by atoms with Gasteiger partial charge < -0.3 is 10.0 Å². The van der Waals surface area contributed by atoms with Gasteiger partial charge in [0, 0.05) is 24.5 Å². The molecule has 0 spiro atoms. The lowest BCUT2D eigenvalue weighted by Gasteiger charge is -2.53. The number of hydrogen-bond acceptors (Lipinski definition) is 4. The molecule has 0 aliphatic carbocycles. The third kappa shape index (κ3) is 3.01. The van der Waals surface area contributed by atoms with Crippen molar-refractivity contribution in [3.05, 3.63) is 29.3 Å². The minimum absolute atomic E-state index is 0.0886. The van der Waals surface area contributed by atoms with Crippen LogP contribution in [0.2, 0.25) is 0 Å². The molecule has 2 aliphatic heterocycles. The Bertz CT molecular complexity index is 699. The van der Waals surface area contributed by atoms with Gasteiger partial charge in [0.1, 0.15) is 0 Å². The van der Waals surface area contributed by atoms with Crippen LogP contribution in [0.4, 0.5) is 0 Å². The average molecular weight is 353 g/mol. The van der Waals surface area contributed by atoms with Gasteiger partial charge in [0.05, 0.1) is 11.5 Å². The summed E-state index contributed by atoms with van der Waals surface area (Å²) in [5, 5.41) is 9.98. The standard InChI is InChI=1S/C18H28N2O3S/c1-14-9-15(2)11-16(10-14)24(22,23)20-8-6-18(13-21)5-4-7-19(3)17(18)12-20/h9-11,17,21H,4-8,12-13H2,1-3H3/t17-,18-/m1/s1. The Kier molecular flexibility index (Phi) is 4.77. The van der Waals surface area contributed by atoms with Crippen LogP contribution < -0.4 is 0 Å².